The van der Waals surface area contributed by atoms with Crippen molar-refractivity contribution in [2.45, 2.75) is 39.4 Å². The minimum atomic E-state index is -3.63. The zero-order chi connectivity index (χ0) is 23.1. The fraction of sp³-hybridized carbons (Fsp3) is 0.458. The number of carbonyl (C=O) groups is 1. The van der Waals surface area contributed by atoms with Crippen LogP contribution in [0.1, 0.15) is 30.0 Å². The van der Waals surface area contributed by atoms with E-state index in [1.165, 1.54) is 9.87 Å². The van der Waals surface area contributed by atoms with E-state index in [0.29, 0.717) is 18.7 Å². The molecule has 1 amide bonds. The average Bonchev–Trinajstić information content (AvgIpc) is 2.76. The number of benzene rings is 2. The highest BCUT2D eigenvalue weighted by atomic mass is 32.2. The number of nitrogens with one attached hydrogen (secondary N) is 1. The zero-order valence-corrected chi connectivity index (χ0v) is 19.9. The van der Waals surface area contributed by atoms with Gasteiger partial charge >= 0.3 is 0 Å². The lowest BCUT2D eigenvalue weighted by atomic mass is 10.1. The Hall–Kier alpha value is -2.42. The van der Waals surface area contributed by atoms with Crippen molar-refractivity contribution in [3.05, 3.63) is 65.2 Å². The normalized spacial score (nSPS) is 15.8. The Kier molecular flexibility index (Phi) is 8.28. The molecule has 1 aliphatic heterocycles. The van der Waals surface area contributed by atoms with Gasteiger partial charge in [0.15, 0.2) is 0 Å². The second-order valence-electron chi connectivity index (χ2n) is 8.24. The maximum absolute atomic E-state index is 13.0. The van der Waals surface area contributed by atoms with E-state index in [4.69, 9.17) is 4.74 Å². The molecule has 1 aliphatic rings. The first-order chi connectivity index (χ1) is 15.3. The molecular weight excluding hydrogens is 426 g/mol. The molecule has 0 saturated carbocycles. The quantitative estimate of drug-likeness (QED) is 0.624. The number of hydrogen-bond donors (Lipinski definition) is 1. The monoisotopic (exact) mass is 459 g/mol. The van der Waals surface area contributed by atoms with Gasteiger partial charge in [0.25, 0.3) is 0 Å². The number of morpholine rings is 1. The van der Waals surface area contributed by atoms with E-state index in [1.807, 2.05) is 32.0 Å². The third-order valence-electron chi connectivity index (χ3n) is 5.59. The fourth-order valence-electron chi connectivity index (χ4n) is 3.91. The molecule has 0 unspecified atom stereocenters. The molecule has 7 nitrogen and oxygen atoms in total. The molecule has 174 valence electrons. The van der Waals surface area contributed by atoms with Crippen molar-refractivity contribution in [1.29, 1.82) is 0 Å². The van der Waals surface area contributed by atoms with Crippen molar-refractivity contribution >= 4 is 21.6 Å². The number of rotatable bonds is 9. The van der Waals surface area contributed by atoms with Crippen LogP contribution in [0.5, 0.6) is 0 Å². The number of aryl methyl sites for hydroxylation is 1. The Bertz CT molecular complexity index is 1000. The SMILES string of the molecule is CC[C@H](C(=O)NCc1ccc(CN2CCOCC2)cc1)N(c1cccc(C)c1)S(C)(=O)=O. The Labute approximate surface area is 191 Å². The fourth-order valence-corrected chi connectivity index (χ4v) is 5.12. The van der Waals surface area contributed by atoms with Gasteiger partial charge in [0, 0.05) is 26.2 Å². The van der Waals surface area contributed by atoms with Gasteiger partial charge in [-0.05, 0) is 42.2 Å². The molecule has 32 heavy (non-hydrogen) atoms. The number of hydrogen-bond acceptors (Lipinski definition) is 5. The summed E-state index contributed by atoms with van der Waals surface area (Å²) >= 11 is 0. The van der Waals surface area contributed by atoms with E-state index < -0.39 is 16.1 Å². The second kappa shape index (κ2) is 10.9. The van der Waals surface area contributed by atoms with Gasteiger partial charge in [0.05, 0.1) is 25.2 Å². The van der Waals surface area contributed by atoms with E-state index in [0.717, 1.165) is 50.2 Å². The molecule has 0 aliphatic carbocycles. The number of ether oxygens (including phenoxy) is 1. The third kappa shape index (κ3) is 6.54. The first-order valence-electron chi connectivity index (χ1n) is 11.0. The van der Waals surface area contributed by atoms with Gasteiger partial charge in [-0.3, -0.25) is 14.0 Å². The molecule has 1 heterocycles. The summed E-state index contributed by atoms with van der Waals surface area (Å²) in [7, 11) is -3.63. The molecule has 1 fully saturated rings. The summed E-state index contributed by atoms with van der Waals surface area (Å²) in [6.07, 6.45) is 1.50. The van der Waals surface area contributed by atoms with E-state index in [1.54, 1.807) is 18.2 Å². The number of amides is 1. The molecule has 2 aromatic carbocycles. The van der Waals surface area contributed by atoms with Gasteiger partial charge < -0.3 is 10.1 Å². The molecular formula is C24H33N3O4S. The molecule has 0 radical (unpaired) electrons. The molecule has 0 bridgehead atoms. The minimum Gasteiger partial charge on any atom is -0.379 e. The summed E-state index contributed by atoms with van der Waals surface area (Å²) in [5.74, 6) is -0.308. The standard InChI is InChI=1S/C24H33N3O4S/c1-4-23(27(32(3,29)30)22-7-5-6-19(2)16-22)24(28)25-17-20-8-10-21(11-9-20)18-26-12-14-31-15-13-26/h5-11,16,23H,4,12-15,17-18H2,1-3H3,(H,25,28)/t23-/m1/s1. The zero-order valence-electron chi connectivity index (χ0n) is 19.1. The van der Waals surface area contributed by atoms with Crippen LogP contribution in [-0.2, 0) is 32.6 Å². The molecule has 3 rings (SSSR count). The first kappa shape index (κ1) is 24.2. The summed E-state index contributed by atoms with van der Waals surface area (Å²) in [6, 6.07) is 14.5. The molecule has 2 aromatic rings. The summed E-state index contributed by atoms with van der Waals surface area (Å²) in [4.78, 5) is 15.3. The van der Waals surface area contributed by atoms with Gasteiger partial charge in [-0.15, -0.1) is 0 Å². The van der Waals surface area contributed by atoms with Gasteiger partial charge in [-0.25, -0.2) is 8.42 Å². The van der Waals surface area contributed by atoms with Crippen LogP contribution in [0.3, 0.4) is 0 Å². The maximum Gasteiger partial charge on any atom is 0.244 e. The summed E-state index contributed by atoms with van der Waals surface area (Å²) in [5.41, 5.74) is 3.63. The van der Waals surface area contributed by atoms with E-state index in [9.17, 15) is 13.2 Å². The highest BCUT2D eigenvalue weighted by molar-refractivity contribution is 7.92. The van der Waals surface area contributed by atoms with Gasteiger partial charge in [0.1, 0.15) is 6.04 Å². The van der Waals surface area contributed by atoms with E-state index in [-0.39, 0.29) is 5.91 Å². The lowest BCUT2D eigenvalue weighted by molar-refractivity contribution is -0.122. The van der Waals surface area contributed by atoms with Gasteiger partial charge in [-0.2, -0.15) is 0 Å². The molecule has 1 atom stereocenters. The van der Waals surface area contributed by atoms with Crippen molar-refractivity contribution in [1.82, 2.24) is 10.2 Å². The van der Waals surface area contributed by atoms with E-state index >= 15 is 0 Å². The maximum atomic E-state index is 13.0. The van der Waals surface area contributed by atoms with Crippen LogP contribution in [0.25, 0.3) is 0 Å². The number of nitrogens with zero attached hydrogens (tertiary/aromatic N) is 2. The predicted octanol–water partition coefficient (Wildman–Crippen LogP) is 2.69. The van der Waals surface area contributed by atoms with Crippen molar-refractivity contribution in [3.63, 3.8) is 0 Å². The largest absolute Gasteiger partial charge is 0.379 e. The highest BCUT2D eigenvalue weighted by Crippen LogP contribution is 2.23. The minimum absolute atomic E-state index is 0.308. The first-order valence-corrected chi connectivity index (χ1v) is 12.8. The lowest BCUT2D eigenvalue weighted by Crippen LogP contribution is -2.49. The number of sulfonamides is 1. The van der Waals surface area contributed by atoms with E-state index in [2.05, 4.69) is 22.3 Å². The van der Waals surface area contributed by atoms with Gasteiger partial charge in [0.2, 0.25) is 15.9 Å². The van der Waals surface area contributed by atoms with Crippen LogP contribution in [0.2, 0.25) is 0 Å². The number of carbonyl (C=O) groups excluding carboxylic acids is 1. The third-order valence-corrected chi connectivity index (χ3v) is 6.77. The van der Waals surface area contributed by atoms with Crippen LogP contribution < -0.4 is 9.62 Å². The summed E-state index contributed by atoms with van der Waals surface area (Å²) in [6.45, 7) is 8.37. The van der Waals surface area contributed by atoms with Crippen LogP contribution >= 0.6 is 0 Å². The van der Waals surface area contributed by atoms with Crippen molar-refractivity contribution in [2.75, 3.05) is 36.9 Å². The molecule has 1 saturated heterocycles. The Morgan fingerprint density at radius 1 is 1.12 bits per heavy atom. The highest BCUT2D eigenvalue weighted by Gasteiger charge is 2.31. The Balaban J connectivity index is 1.65. The van der Waals surface area contributed by atoms with Gasteiger partial charge in [-0.1, -0.05) is 43.3 Å². The second-order valence-corrected chi connectivity index (χ2v) is 10.1. The topological polar surface area (TPSA) is 79.0 Å². The molecule has 0 spiro atoms. The Morgan fingerprint density at radius 3 is 2.38 bits per heavy atom. The summed E-state index contributed by atoms with van der Waals surface area (Å²) in [5, 5.41) is 2.92. The van der Waals surface area contributed by atoms with Crippen molar-refractivity contribution in [3.8, 4) is 0 Å². The Morgan fingerprint density at radius 2 is 1.78 bits per heavy atom. The van der Waals surface area contributed by atoms with Crippen LogP contribution in [-0.4, -0.2) is 57.8 Å². The molecule has 0 aromatic heterocycles. The lowest BCUT2D eigenvalue weighted by Gasteiger charge is -2.30. The van der Waals surface area contributed by atoms with Crippen LogP contribution in [0.15, 0.2) is 48.5 Å². The van der Waals surface area contributed by atoms with Crippen molar-refractivity contribution in [2.24, 2.45) is 0 Å². The van der Waals surface area contributed by atoms with Crippen molar-refractivity contribution < 1.29 is 17.9 Å². The molecule has 8 heteroatoms. The average molecular weight is 460 g/mol. The molecule has 1 N–H and O–H groups in total. The number of anilines is 1. The van der Waals surface area contributed by atoms with Crippen LogP contribution in [0.4, 0.5) is 5.69 Å². The predicted molar refractivity (Wildman–Crippen MR) is 127 cm³/mol. The summed E-state index contributed by atoms with van der Waals surface area (Å²) < 4.78 is 31.7. The smallest absolute Gasteiger partial charge is 0.244 e. The van der Waals surface area contributed by atoms with Crippen LogP contribution in [0, 0.1) is 6.92 Å².